The average Bonchev–Trinajstić information content (AvgIpc) is 3.30. The minimum absolute atomic E-state index is 0.0846. The first kappa shape index (κ1) is 24.2. The first-order valence-corrected chi connectivity index (χ1v) is 10.2. The molecule has 9 nitrogen and oxygen atoms in total. The molecule has 2 atom stereocenters. The molecule has 2 aliphatic heterocycles. The van der Waals surface area contributed by atoms with Crippen LogP contribution >= 0.6 is 0 Å². The van der Waals surface area contributed by atoms with Crippen molar-refractivity contribution < 1.29 is 24.9 Å². The third-order valence-electron chi connectivity index (χ3n) is 5.65. The summed E-state index contributed by atoms with van der Waals surface area (Å²) in [6.45, 7) is 5.15. The Balaban J connectivity index is 0.000000513. The van der Waals surface area contributed by atoms with E-state index in [1.54, 1.807) is 0 Å². The predicted octanol–water partition coefficient (Wildman–Crippen LogP) is 1.75. The van der Waals surface area contributed by atoms with Gasteiger partial charge in [-0.15, -0.1) is 0 Å². The average molecular weight is 431 g/mol. The third-order valence-corrected chi connectivity index (χ3v) is 5.65. The van der Waals surface area contributed by atoms with Gasteiger partial charge in [0.05, 0.1) is 6.04 Å². The number of aromatic nitrogens is 2. The van der Waals surface area contributed by atoms with Crippen molar-refractivity contribution in [1.29, 1.82) is 0 Å². The maximum absolute atomic E-state index is 11.7. The molecule has 31 heavy (non-hydrogen) atoms. The van der Waals surface area contributed by atoms with Gasteiger partial charge in [-0.2, -0.15) is 0 Å². The van der Waals surface area contributed by atoms with Crippen LogP contribution < -0.4 is 4.90 Å². The number of carbonyl (C=O) groups is 2. The SMILES string of the molecule is Cc1nccc(N2CC[C@](O)(c3ccccc3)[C@H](N3CCCC3)C2)n1.O=CO.O=CO. The Labute approximate surface area is 182 Å². The molecule has 0 spiro atoms. The highest BCUT2D eigenvalue weighted by Gasteiger charge is 2.46. The van der Waals surface area contributed by atoms with E-state index in [4.69, 9.17) is 19.8 Å². The second-order valence-electron chi connectivity index (χ2n) is 7.42. The smallest absolute Gasteiger partial charge is 0.290 e. The molecular formula is C22H30N4O5. The van der Waals surface area contributed by atoms with Crippen molar-refractivity contribution in [3.63, 3.8) is 0 Å². The normalized spacial score (nSPS) is 23.0. The molecule has 0 bridgehead atoms. The van der Waals surface area contributed by atoms with E-state index in [-0.39, 0.29) is 19.0 Å². The summed E-state index contributed by atoms with van der Waals surface area (Å²) in [4.78, 5) is 30.3. The zero-order valence-corrected chi connectivity index (χ0v) is 17.7. The number of rotatable bonds is 3. The summed E-state index contributed by atoms with van der Waals surface area (Å²) in [5, 5.41) is 25.5. The highest BCUT2D eigenvalue weighted by molar-refractivity contribution is 5.40. The van der Waals surface area contributed by atoms with Gasteiger partial charge in [-0.25, -0.2) is 9.97 Å². The lowest BCUT2D eigenvalue weighted by molar-refractivity contribution is -0.123. The Morgan fingerprint density at radius 3 is 2.23 bits per heavy atom. The molecule has 1 aromatic carbocycles. The van der Waals surface area contributed by atoms with Gasteiger partial charge in [0.15, 0.2) is 0 Å². The van der Waals surface area contributed by atoms with Gasteiger partial charge in [0.25, 0.3) is 12.9 Å². The molecule has 2 fully saturated rings. The lowest BCUT2D eigenvalue weighted by atomic mass is 9.79. The van der Waals surface area contributed by atoms with Gasteiger partial charge in [0, 0.05) is 19.3 Å². The predicted molar refractivity (Wildman–Crippen MR) is 116 cm³/mol. The van der Waals surface area contributed by atoms with Crippen LogP contribution in [0.2, 0.25) is 0 Å². The molecule has 2 saturated heterocycles. The summed E-state index contributed by atoms with van der Waals surface area (Å²) in [6, 6.07) is 12.2. The number of aliphatic hydroxyl groups is 1. The Bertz CT molecular complexity index is 811. The highest BCUT2D eigenvalue weighted by atomic mass is 16.3. The zero-order valence-electron chi connectivity index (χ0n) is 17.7. The Morgan fingerprint density at radius 1 is 1.03 bits per heavy atom. The van der Waals surface area contributed by atoms with Crippen molar-refractivity contribution in [3.05, 3.63) is 54.0 Å². The second kappa shape index (κ2) is 12.0. The second-order valence-corrected chi connectivity index (χ2v) is 7.42. The van der Waals surface area contributed by atoms with Crippen LogP contribution in [0.25, 0.3) is 0 Å². The van der Waals surface area contributed by atoms with E-state index in [1.165, 1.54) is 12.8 Å². The fourth-order valence-electron chi connectivity index (χ4n) is 4.29. The number of benzene rings is 1. The lowest BCUT2D eigenvalue weighted by Crippen LogP contribution is -2.60. The minimum Gasteiger partial charge on any atom is -0.483 e. The maximum atomic E-state index is 11.7. The number of anilines is 1. The summed E-state index contributed by atoms with van der Waals surface area (Å²) in [7, 11) is 0. The standard InChI is InChI=1S/C20H26N4O.2CH2O2/c1-16-21-11-9-19(22-16)24-14-10-20(25,17-7-3-2-4-8-17)18(15-24)23-12-5-6-13-23;2*2-1-3/h2-4,7-9,11,18,25H,5-6,10,12-15H2,1H3;2*1H,(H,2,3)/t18-,20+;;/m1../s1. The van der Waals surface area contributed by atoms with Crippen LogP contribution in [0, 0.1) is 6.92 Å². The van der Waals surface area contributed by atoms with E-state index in [2.05, 4.69) is 31.9 Å². The lowest BCUT2D eigenvalue weighted by Gasteiger charge is -2.49. The van der Waals surface area contributed by atoms with E-state index in [1.807, 2.05) is 37.4 Å². The number of piperidine rings is 1. The van der Waals surface area contributed by atoms with Crippen molar-refractivity contribution in [2.75, 3.05) is 31.1 Å². The maximum Gasteiger partial charge on any atom is 0.290 e. The molecule has 2 aliphatic rings. The van der Waals surface area contributed by atoms with E-state index >= 15 is 0 Å². The van der Waals surface area contributed by atoms with E-state index in [0.29, 0.717) is 6.42 Å². The van der Waals surface area contributed by atoms with Crippen LogP contribution in [0.1, 0.15) is 30.7 Å². The molecule has 0 amide bonds. The molecule has 4 rings (SSSR count). The number of hydrogen-bond donors (Lipinski definition) is 3. The first-order chi connectivity index (χ1) is 15.0. The Hall–Kier alpha value is -3.04. The van der Waals surface area contributed by atoms with E-state index < -0.39 is 5.60 Å². The van der Waals surface area contributed by atoms with E-state index in [9.17, 15) is 5.11 Å². The van der Waals surface area contributed by atoms with Crippen LogP contribution in [-0.4, -0.2) is 75.4 Å². The molecule has 0 aliphatic carbocycles. The first-order valence-electron chi connectivity index (χ1n) is 10.2. The third kappa shape index (κ3) is 6.22. The van der Waals surface area contributed by atoms with Crippen molar-refractivity contribution >= 4 is 18.8 Å². The number of carboxylic acid groups (broad SMARTS) is 2. The van der Waals surface area contributed by atoms with Crippen LogP contribution in [-0.2, 0) is 15.2 Å². The number of nitrogens with zero attached hydrogens (tertiary/aromatic N) is 4. The van der Waals surface area contributed by atoms with Crippen molar-refractivity contribution in [2.24, 2.45) is 0 Å². The molecule has 9 heteroatoms. The molecule has 1 aromatic heterocycles. The van der Waals surface area contributed by atoms with Gasteiger partial charge in [-0.05, 0) is 50.9 Å². The fraction of sp³-hybridized carbons (Fsp3) is 0.455. The van der Waals surface area contributed by atoms with Crippen LogP contribution in [0.4, 0.5) is 5.82 Å². The molecule has 2 aromatic rings. The van der Waals surface area contributed by atoms with Crippen molar-refractivity contribution in [3.8, 4) is 0 Å². The van der Waals surface area contributed by atoms with Crippen LogP contribution in [0.15, 0.2) is 42.6 Å². The van der Waals surface area contributed by atoms with E-state index in [0.717, 1.165) is 43.4 Å². The van der Waals surface area contributed by atoms with Crippen molar-refractivity contribution in [1.82, 2.24) is 14.9 Å². The topological polar surface area (TPSA) is 127 Å². The monoisotopic (exact) mass is 430 g/mol. The highest BCUT2D eigenvalue weighted by Crippen LogP contribution is 2.38. The van der Waals surface area contributed by atoms with Gasteiger partial charge < -0.3 is 20.2 Å². The summed E-state index contributed by atoms with van der Waals surface area (Å²) in [6.07, 6.45) is 4.96. The van der Waals surface area contributed by atoms with Gasteiger partial charge in [-0.3, -0.25) is 14.5 Å². The van der Waals surface area contributed by atoms with Gasteiger partial charge in [0.2, 0.25) is 0 Å². The summed E-state index contributed by atoms with van der Waals surface area (Å²) >= 11 is 0. The molecule has 0 unspecified atom stereocenters. The molecule has 0 radical (unpaired) electrons. The Morgan fingerprint density at radius 2 is 1.65 bits per heavy atom. The van der Waals surface area contributed by atoms with Crippen molar-refractivity contribution in [2.45, 2.75) is 37.8 Å². The molecular weight excluding hydrogens is 400 g/mol. The zero-order chi connectivity index (χ0) is 22.7. The number of hydrogen-bond acceptors (Lipinski definition) is 7. The molecule has 3 N–H and O–H groups in total. The quantitative estimate of drug-likeness (QED) is 0.624. The van der Waals surface area contributed by atoms with Crippen LogP contribution in [0.5, 0.6) is 0 Å². The molecule has 3 heterocycles. The summed E-state index contributed by atoms with van der Waals surface area (Å²) in [5.74, 6) is 1.76. The molecule has 0 saturated carbocycles. The minimum atomic E-state index is -0.801. The van der Waals surface area contributed by atoms with Gasteiger partial charge >= 0.3 is 0 Å². The largest absolute Gasteiger partial charge is 0.483 e. The van der Waals surface area contributed by atoms with Crippen LogP contribution in [0.3, 0.4) is 0 Å². The van der Waals surface area contributed by atoms with Gasteiger partial charge in [0.1, 0.15) is 17.2 Å². The summed E-state index contributed by atoms with van der Waals surface area (Å²) < 4.78 is 0. The summed E-state index contributed by atoms with van der Waals surface area (Å²) in [5.41, 5.74) is 0.231. The molecule has 168 valence electrons. The van der Waals surface area contributed by atoms with Gasteiger partial charge in [-0.1, -0.05) is 30.3 Å². The Kier molecular flexibility index (Phi) is 9.36. The number of likely N-dealkylation sites (tertiary alicyclic amines) is 1. The fourth-order valence-corrected chi connectivity index (χ4v) is 4.29. The number of aryl methyl sites for hydroxylation is 1.